The molecule has 0 aliphatic heterocycles. The van der Waals surface area contributed by atoms with E-state index in [0.717, 1.165) is 18.0 Å². The van der Waals surface area contributed by atoms with E-state index in [0.29, 0.717) is 0 Å². The predicted molar refractivity (Wildman–Crippen MR) is 55.2 cm³/mol. The molecule has 0 amide bonds. The average molecular weight is 194 g/mol. The Hall–Kier alpha value is -0.870. The van der Waals surface area contributed by atoms with Crippen molar-refractivity contribution in [3.63, 3.8) is 0 Å². The van der Waals surface area contributed by atoms with Gasteiger partial charge in [0, 0.05) is 13.2 Å². The fraction of sp³-hybridized carbons (Fsp3) is 0.700. The topological polar surface area (TPSA) is 55.9 Å². The minimum Gasteiger partial charge on any atom is -0.340 e. The van der Waals surface area contributed by atoms with E-state index in [1.165, 1.54) is 19.3 Å². The number of nitrogens with two attached hydrogens (primary N) is 1. The summed E-state index contributed by atoms with van der Waals surface area (Å²) in [7, 11) is 1.98. The second kappa shape index (κ2) is 4.11. The summed E-state index contributed by atoms with van der Waals surface area (Å²) < 4.78 is 1.96. The Labute approximate surface area is 84.5 Å². The van der Waals surface area contributed by atoms with Crippen LogP contribution in [0, 0.1) is 5.92 Å². The lowest BCUT2D eigenvalue weighted by molar-refractivity contribution is 0.473. The molecule has 0 radical (unpaired) electrons. The Morgan fingerprint density at radius 2 is 2.50 bits per heavy atom. The summed E-state index contributed by atoms with van der Waals surface area (Å²) in [6.07, 6.45) is 9.01. The zero-order valence-corrected chi connectivity index (χ0v) is 8.61. The Balaban J connectivity index is 1.90. The molecule has 1 fully saturated rings. The quantitative estimate of drug-likeness (QED) is 0.545. The van der Waals surface area contributed by atoms with Gasteiger partial charge in [0.05, 0.1) is 18.1 Å². The van der Waals surface area contributed by atoms with E-state index >= 15 is 0 Å². The highest BCUT2D eigenvalue weighted by Gasteiger charge is 2.23. The van der Waals surface area contributed by atoms with Crippen molar-refractivity contribution in [1.29, 1.82) is 0 Å². The smallest absolute Gasteiger partial charge is 0.0947 e. The molecule has 0 aromatic carbocycles. The van der Waals surface area contributed by atoms with Gasteiger partial charge in [-0.2, -0.15) is 0 Å². The third kappa shape index (κ3) is 2.33. The lowest BCUT2D eigenvalue weighted by Gasteiger charge is -2.12. The normalized spacial score (nSPS) is 18.4. The van der Waals surface area contributed by atoms with Crippen molar-refractivity contribution in [2.45, 2.75) is 31.7 Å². The molecule has 1 atom stereocenters. The van der Waals surface area contributed by atoms with E-state index in [4.69, 9.17) is 5.84 Å². The third-order valence-corrected chi connectivity index (χ3v) is 2.84. The van der Waals surface area contributed by atoms with Crippen molar-refractivity contribution in [3.8, 4) is 0 Å². The van der Waals surface area contributed by atoms with E-state index in [1.807, 2.05) is 24.1 Å². The lowest BCUT2D eigenvalue weighted by atomic mass is 10.1. The molecular formula is C10H18N4. The van der Waals surface area contributed by atoms with Crippen molar-refractivity contribution < 1.29 is 0 Å². The second-order valence-electron chi connectivity index (χ2n) is 4.20. The minimum atomic E-state index is 0.219. The van der Waals surface area contributed by atoms with Crippen LogP contribution in [0.15, 0.2) is 12.5 Å². The van der Waals surface area contributed by atoms with Gasteiger partial charge in [0.1, 0.15) is 0 Å². The first-order valence-corrected chi connectivity index (χ1v) is 5.23. The maximum atomic E-state index is 5.52. The number of rotatable bonds is 5. The van der Waals surface area contributed by atoms with E-state index < -0.39 is 0 Å². The zero-order valence-electron chi connectivity index (χ0n) is 8.61. The Morgan fingerprint density at radius 1 is 1.71 bits per heavy atom. The van der Waals surface area contributed by atoms with Crippen LogP contribution in [0.5, 0.6) is 0 Å². The Bertz CT molecular complexity index is 290. The summed E-state index contributed by atoms with van der Waals surface area (Å²) in [4.78, 5) is 4.31. The van der Waals surface area contributed by atoms with Crippen LogP contribution in [-0.4, -0.2) is 9.55 Å². The first-order chi connectivity index (χ1) is 6.79. The maximum absolute atomic E-state index is 5.52. The highest BCUT2D eigenvalue weighted by Crippen LogP contribution is 2.35. The minimum absolute atomic E-state index is 0.219. The van der Waals surface area contributed by atoms with Crippen molar-refractivity contribution in [3.05, 3.63) is 18.2 Å². The standard InChI is InChI=1S/C10H18N4/c1-14-6-10(12-7-14)9(13-11)5-4-8-2-3-8/h6-9,13H,2-5,11H2,1H3. The average Bonchev–Trinajstić information content (AvgIpc) is 2.90. The number of nitrogens with one attached hydrogen (secondary N) is 1. The van der Waals surface area contributed by atoms with Gasteiger partial charge >= 0.3 is 0 Å². The van der Waals surface area contributed by atoms with E-state index in [-0.39, 0.29) is 6.04 Å². The Morgan fingerprint density at radius 3 is 3.00 bits per heavy atom. The first-order valence-electron chi connectivity index (χ1n) is 5.23. The monoisotopic (exact) mass is 194 g/mol. The van der Waals surface area contributed by atoms with Gasteiger partial charge in [-0.25, -0.2) is 4.98 Å². The van der Waals surface area contributed by atoms with Crippen LogP contribution in [0.1, 0.15) is 37.4 Å². The number of imidazole rings is 1. The van der Waals surface area contributed by atoms with Crippen LogP contribution in [0.4, 0.5) is 0 Å². The molecule has 1 aromatic rings. The van der Waals surface area contributed by atoms with Gasteiger partial charge in [0.15, 0.2) is 0 Å². The summed E-state index contributed by atoms with van der Waals surface area (Å²) in [6, 6.07) is 0.219. The first kappa shape index (κ1) is 9.68. The van der Waals surface area contributed by atoms with Crippen LogP contribution in [-0.2, 0) is 7.05 Å². The number of hydrazine groups is 1. The molecule has 2 rings (SSSR count). The van der Waals surface area contributed by atoms with Crippen LogP contribution < -0.4 is 11.3 Å². The van der Waals surface area contributed by atoms with Crippen molar-refractivity contribution in [2.24, 2.45) is 18.8 Å². The van der Waals surface area contributed by atoms with Crippen molar-refractivity contribution in [2.75, 3.05) is 0 Å². The molecule has 4 nitrogen and oxygen atoms in total. The van der Waals surface area contributed by atoms with Gasteiger partial charge in [0.2, 0.25) is 0 Å². The van der Waals surface area contributed by atoms with Gasteiger partial charge in [-0.05, 0) is 18.8 Å². The zero-order chi connectivity index (χ0) is 9.97. The summed E-state index contributed by atoms with van der Waals surface area (Å²) in [5.41, 5.74) is 3.89. The number of aryl methyl sites for hydroxylation is 1. The summed E-state index contributed by atoms with van der Waals surface area (Å²) in [5.74, 6) is 6.47. The SMILES string of the molecule is Cn1cnc(C(CCC2CC2)NN)c1. The molecule has 4 heteroatoms. The second-order valence-corrected chi connectivity index (χ2v) is 4.20. The molecule has 1 aliphatic rings. The lowest BCUT2D eigenvalue weighted by Crippen LogP contribution is -2.28. The number of hydrogen-bond donors (Lipinski definition) is 2. The molecule has 0 saturated heterocycles. The van der Waals surface area contributed by atoms with E-state index in [2.05, 4.69) is 10.4 Å². The van der Waals surface area contributed by atoms with Crippen molar-refractivity contribution in [1.82, 2.24) is 15.0 Å². The fourth-order valence-corrected chi connectivity index (χ4v) is 1.74. The summed E-state index contributed by atoms with van der Waals surface area (Å²) in [6.45, 7) is 0. The highest BCUT2D eigenvalue weighted by molar-refractivity contribution is 5.03. The van der Waals surface area contributed by atoms with Gasteiger partial charge in [-0.1, -0.05) is 12.8 Å². The molecule has 1 heterocycles. The van der Waals surface area contributed by atoms with E-state index in [9.17, 15) is 0 Å². The molecule has 1 aromatic heterocycles. The van der Waals surface area contributed by atoms with Gasteiger partial charge < -0.3 is 4.57 Å². The van der Waals surface area contributed by atoms with Crippen LogP contribution in [0.25, 0.3) is 0 Å². The number of hydrogen-bond acceptors (Lipinski definition) is 3. The number of nitrogens with zero attached hydrogens (tertiary/aromatic N) is 2. The predicted octanol–water partition coefficient (Wildman–Crippen LogP) is 1.11. The Kier molecular flexibility index (Phi) is 2.84. The number of aromatic nitrogens is 2. The van der Waals surface area contributed by atoms with Crippen molar-refractivity contribution >= 4 is 0 Å². The van der Waals surface area contributed by atoms with Crippen LogP contribution in [0.3, 0.4) is 0 Å². The summed E-state index contributed by atoms with van der Waals surface area (Å²) in [5, 5.41) is 0. The van der Waals surface area contributed by atoms with E-state index in [1.54, 1.807) is 0 Å². The molecule has 3 N–H and O–H groups in total. The van der Waals surface area contributed by atoms with Gasteiger partial charge in [-0.15, -0.1) is 0 Å². The molecule has 1 saturated carbocycles. The van der Waals surface area contributed by atoms with Crippen LogP contribution >= 0.6 is 0 Å². The molecule has 0 bridgehead atoms. The molecule has 14 heavy (non-hydrogen) atoms. The van der Waals surface area contributed by atoms with Gasteiger partial charge in [0.25, 0.3) is 0 Å². The largest absolute Gasteiger partial charge is 0.340 e. The molecule has 1 unspecified atom stereocenters. The molecule has 0 spiro atoms. The van der Waals surface area contributed by atoms with Crippen LogP contribution in [0.2, 0.25) is 0 Å². The molecular weight excluding hydrogens is 176 g/mol. The maximum Gasteiger partial charge on any atom is 0.0947 e. The highest BCUT2D eigenvalue weighted by atomic mass is 15.2. The van der Waals surface area contributed by atoms with Gasteiger partial charge in [-0.3, -0.25) is 11.3 Å². The summed E-state index contributed by atoms with van der Waals surface area (Å²) >= 11 is 0. The molecule has 1 aliphatic carbocycles. The fourth-order valence-electron chi connectivity index (χ4n) is 1.74. The third-order valence-electron chi connectivity index (χ3n) is 2.84. The molecule has 78 valence electrons.